The monoisotopic (exact) mass is 365 g/mol. The van der Waals surface area contributed by atoms with E-state index in [1.165, 1.54) is 26.2 Å². The lowest BCUT2D eigenvalue weighted by Crippen LogP contribution is -2.46. The summed E-state index contributed by atoms with van der Waals surface area (Å²) in [6, 6.07) is 6.81. The molecule has 138 valence electrons. The third-order valence-electron chi connectivity index (χ3n) is 4.86. The fraction of sp³-hybridized carbons (Fsp3) is 0.579. The van der Waals surface area contributed by atoms with Gasteiger partial charge in [0.05, 0.1) is 12.5 Å². The van der Waals surface area contributed by atoms with Gasteiger partial charge in [0.1, 0.15) is 0 Å². The maximum absolute atomic E-state index is 12.5. The Hall–Kier alpha value is -1.59. The average Bonchev–Trinajstić information content (AvgIpc) is 2.60. The topological polar surface area (TPSA) is 84.2 Å². The van der Waals surface area contributed by atoms with Crippen LogP contribution in [0, 0.1) is 5.92 Å². The lowest BCUT2D eigenvalue weighted by molar-refractivity contribution is -0.123. The highest BCUT2D eigenvalue weighted by Crippen LogP contribution is 2.26. The van der Waals surface area contributed by atoms with Gasteiger partial charge in [-0.1, -0.05) is 43.0 Å². The van der Waals surface area contributed by atoms with Crippen LogP contribution in [0.1, 0.15) is 57.1 Å². The fourth-order valence-electron chi connectivity index (χ4n) is 3.55. The molecule has 1 aliphatic carbocycles. The number of carbonyl (C=O) groups excluding carboxylic acids is 2. The van der Waals surface area contributed by atoms with Gasteiger partial charge in [0.15, 0.2) is 0 Å². The number of amides is 2. The predicted molar refractivity (Wildman–Crippen MR) is 100 cm³/mol. The second-order valence-electron chi connectivity index (χ2n) is 6.82. The first-order valence-electron chi connectivity index (χ1n) is 9.01. The number of hydrogen-bond donors (Lipinski definition) is 3. The van der Waals surface area contributed by atoms with Crippen molar-refractivity contribution in [3.63, 3.8) is 0 Å². The minimum absolute atomic E-state index is 0.0102. The van der Waals surface area contributed by atoms with Crippen LogP contribution in [0.2, 0.25) is 5.02 Å². The summed E-state index contributed by atoms with van der Waals surface area (Å²) in [5.74, 6) is 0.197. The minimum atomic E-state index is -0.375. The zero-order chi connectivity index (χ0) is 18.2. The summed E-state index contributed by atoms with van der Waals surface area (Å²) in [6.07, 6.45) is 6.10. The molecule has 5 nitrogen and oxygen atoms in total. The van der Waals surface area contributed by atoms with Crippen molar-refractivity contribution < 1.29 is 9.59 Å². The molecule has 6 heteroatoms. The number of hydrogen-bond acceptors (Lipinski definition) is 3. The van der Waals surface area contributed by atoms with Crippen LogP contribution >= 0.6 is 11.6 Å². The van der Waals surface area contributed by atoms with Crippen molar-refractivity contribution in [1.82, 2.24) is 10.6 Å². The van der Waals surface area contributed by atoms with E-state index < -0.39 is 0 Å². The molecule has 1 aromatic carbocycles. The largest absolute Gasteiger partial charge is 0.352 e. The molecular weight excluding hydrogens is 338 g/mol. The predicted octanol–water partition coefficient (Wildman–Crippen LogP) is 2.93. The first-order valence-corrected chi connectivity index (χ1v) is 9.39. The Bertz CT molecular complexity index is 571. The first-order chi connectivity index (χ1) is 12.0. The van der Waals surface area contributed by atoms with Crippen molar-refractivity contribution >= 4 is 23.4 Å². The average molecular weight is 366 g/mol. The molecule has 1 aromatic rings. The van der Waals surface area contributed by atoms with Gasteiger partial charge in [-0.05, 0) is 36.5 Å². The molecule has 0 bridgehead atoms. The number of nitrogens with two attached hydrogens (primary N) is 1. The lowest BCUT2D eigenvalue weighted by atomic mass is 9.84. The molecule has 0 aromatic heterocycles. The molecule has 0 radical (unpaired) electrons. The van der Waals surface area contributed by atoms with Crippen LogP contribution in [0.25, 0.3) is 0 Å². The third kappa shape index (κ3) is 6.33. The van der Waals surface area contributed by atoms with Gasteiger partial charge < -0.3 is 16.4 Å². The van der Waals surface area contributed by atoms with E-state index in [4.69, 9.17) is 17.3 Å². The fourth-order valence-corrected chi connectivity index (χ4v) is 3.68. The Morgan fingerprint density at radius 3 is 2.36 bits per heavy atom. The van der Waals surface area contributed by atoms with Gasteiger partial charge in [-0.3, -0.25) is 9.59 Å². The van der Waals surface area contributed by atoms with E-state index in [2.05, 4.69) is 10.6 Å². The number of nitrogens with one attached hydrogen (secondary N) is 2. The maximum atomic E-state index is 12.5. The van der Waals surface area contributed by atoms with Crippen LogP contribution in [0.15, 0.2) is 24.3 Å². The summed E-state index contributed by atoms with van der Waals surface area (Å²) in [7, 11) is 0. The molecule has 2 amide bonds. The molecule has 0 saturated heterocycles. The van der Waals surface area contributed by atoms with E-state index in [0.29, 0.717) is 17.5 Å². The molecule has 0 aliphatic heterocycles. The molecular formula is C19H28ClN3O2. The van der Waals surface area contributed by atoms with Gasteiger partial charge >= 0.3 is 0 Å². The summed E-state index contributed by atoms with van der Waals surface area (Å²) in [5.41, 5.74) is 6.75. The third-order valence-corrected chi connectivity index (χ3v) is 5.11. The zero-order valence-electron chi connectivity index (χ0n) is 14.8. The lowest BCUT2D eigenvalue weighted by Gasteiger charge is -2.30. The molecule has 25 heavy (non-hydrogen) atoms. The van der Waals surface area contributed by atoms with Crippen molar-refractivity contribution in [2.45, 2.75) is 57.5 Å². The molecule has 1 fully saturated rings. The molecule has 2 atom stereocenters. The molecule has 2 unspecified atom stereocenters. The van der Waals surface area contributed by atoms with Crippen LogP contribution in [-0.2, 0) is 9.59 Å². The van der Waals surface area contributed by atoms with Gasteiger partial charge in [0.25, 0.3) is 0 Å². The van der Waals surface area contributed by atoms with E-state index in [9.17, 15) is 9.59 Å². The van der Waals surface area contributed by atoms with Crippen molar-refractivity contribution in [1.29, 1.82) is 0 Å². The van der Waals surface area contributed by atoms with E-state index in [1.807, 2.05) is 12.1 Å². The van der Waals surface area contributed by atoms with Gasteiger partial charge in [-0.2, -0.15) is 0 Å². The van der Waals surface area contributed by atoms with Crippen molar-refractivity contribution in [2.75, 3.05) is 6.54 Å². The highest BCUT2D eigenvalue weighted by atomic mass is 35.5. The quantitative estimate of drug-likeness (QED) is 0.694. The van der Waals surface area contributed by atoms with Crippen molar-refractivity contribution in [2.24, 2.45) is 11.7 Å². The standard InChI is InChI=1S/C19H28ClN3O2/c1-13(24)22-17(15-7-9-16(20)10-8-15)11-19(25)23-18(12-21)14-5-3-2-4-6-14/h7-10,14,17-18H,2-6,11-12,21H2,1H3,(H,22,24)(H,23,25). The summed E-state index contributed by atoms with van der Waals surface area (Å²) >= 11 is 5.92. The van der Waals surface area contributed by atoms with Gasteiger partial charge in [0, 0.05) is 24.5 Å². The number of carbonyl (C=O) groups is 2. The van der Waals surface area contributed by atoms with E-state index in [0.717, 1.165) is 18.4 Å². The Morgan fingerprint density at radius 1 is 1.16 bits per heavy atom. The van der Waals surface area contributed by atoms with Crippen LogP contribution in [-0.4, -0.2) is 24.4 Å². The Labute approximate surface area is 154 Å². The highest BCUT2D eigenvalue weighted by Gasteiger charge is 2.25. The van der Waals surface area contributed by atoms with E-state index in [-0.39, 0.29) is 30.3 Å². The molecule has 2 rings (SSSR count). The molecule has 0 heterocycles. The summed E-state index contributed by atoms with van der Waals surface area (Å²) in [4.78, 5) is 24.1. The van der Waals surface area contributed by atoms with Crippen LogP contribution < -0.4 is 16.4 Å². The normalized spacial score (nSPS) is 17.6. The van der Waals surface area contributed by atoms with Crippen molar-refractivity contribution in [3.05, 3.63) is 34.9 Å². The number of benzene rings is 1. The van der Waals surface area contributed by atoms with Gasteiger partial charge in [-0.25, -0.2) is 0 Å². The minimum Gasteiger partial charge on any atom is -0.352 e. The number of rotatable bonds is 7. The van der Waals surface area contributed by atoms with Crippen LogP contribution in [0.3, 0.4) is 0 Å². The van der Waals surface area contributed by atoms with Crippen LogP contribution in [0.5, 0.6) is 0 Å². The van der Waals surface area contributed by atoms with Crippen LogP contribution in [0.4, 0.5) is 0 Å². The zero-order valence-corrected chi connectivity index (χ0v) is 15.5. The summed E-state index contributed by atoms with van der Waals surface area (Å²) < 4.78 is 0. The maximum Gasteiger partial charge on any atom is 0.222 e. The Morgan fingerprint density at radius 2 is 1.80 bits per heavy atom. The first kappa shape index (κ1) is 19.7. The second kappa shape index (κ2) is 9.78. The van der Waals surface area contributed by atoms with Crippen molar-refractivity contribution in [3.8, 4) is 0 Å². The molecule has 1 saturated carbocycles. The van der Waals surface area contributed by atoms with Gasteiger partial charge in [0.2, 0.25) is 11.8 Å². The second-order valence-corrected chi connectivity index (χ2v) is 7.25. The summed E-state index contributed by atoms with van der Waals surface area (Å²) in [5, 5.41) is 6.54. The SMILES string of the molecule is CC(=O)NC(CC(=O)NC(CN)C1CCCCC1)c1ccc(Cl)cc1. The molecule has 0 spiro atoms. The molecule has 4 N–H and O–H groups in total. The Balaban J connectivity index is 2.00. The number of halogens is 1. The Kier molecular flexibility index (Phi) is 7.72. The molecule has 1 aliphatic rings. The smallest absolute Gasteiger partial charge is 0.222 e. The van der Waals surface area contributed by atoms with E-state index in [1.54, 1.807) is 12.1 Å². The van der Waals surface area contributed by atoms with Gasteiger partial charge in [-0.15, -0.1) is 0 Å². The van der Waals surface area contributed by atoms with E-state index >= 15 is 0 Å². The highest BCUT2D eigenvalue weighted by molar-refractivity contribution is 6.30. The summed E-state index contributed by atoms with van der Waals surface area (Å²) in [6.45, 7) is 1.90.